The van der Waals surface area contributed by atoms with Crippen molar-refractivity contribution in [2.75, 3.05) is 21.3 Å². The van der Waals surface area contributed by atoms with Gasteiger partial charge in [0.2, 0.25) is 0 Å². The number of fused-ring (bicyclic) bond motifs is 5. The number of carbonyl (C=O) groups is 5. The van der Waals surface area contributed by atoms with Gasteiger partial charge in [-0.25, -0.2) is 14.4 Å². The molecule has 0 aliphatic rings. The third kappa shape index (κ3) is 25.5. The van der Waals surface area contributed by atoms with Gasteiger partial charge in [-0.15, -0.1) is 0 Å². The third-order valence-electron chi connectivity index (χ3n) is 21.5. The fourth-order valence-corrected chi connectivity index (χ4v) is 14.1. The Hall–Kier alpha value is -9.50. The average molecular weight is 1590 g/mol. The first kappa shape index (κ1) is 106. The van der Waals surface area contributed by atoms with Gasteiger partial charge in [0.1, 0.15) is 0 Å². The lowest BCUT2D eigenvalue weighted by molar-refractivity contribution is -0.140. The number of carbonyl (C=O) groups excluding carboxylic acids is 3. The van der Waals surface area contributed by atoms with Gasteiger partial charge in [0.25, 0.3) is 0 Å². The number of hydrogen-bond donors (Lipinski definition) is 2. The summed E-state index contributed by atoms with van der Waals surface area (Å²) in [7, 11) is 4.23. The smallest absolute Gasteiger partial charge is 0.340 e. The van der Waals surface area contributed by atoms with Crippen molar-refractivity contribution in [1.82, 2.24) is 24.9 Å². The Bertz CT molecular complexity index is 5010. The summed E-state index contributed by atoms with van der Waals surface area (Å²) in [5.74, 6) is -2.60. The topological polar surface area (TPSA) is 218 Å². The van der Waals surface area contributed by atoms with Gasteiger partial charge < -0.3 is 24.4 Å². The molecule has 2 N–H and O–H groups in total. The number of nitrogens with zero attached hydrogens (tertiary/aromatic N) is 5. The second kappa shape index (κ2) is 51.5. The first-order valence-corrected chi connectivity index (χ1v) is 42.1. The second-order valence-corrected chi connectivity index (χ2v) is 29.8. The molecule has 0 aliphatic heterocycles. The van der Waals surface area contributed by atoms with E-state index in [-0.39, 0.29) is 30.7 Å². The molecule has 10 rings (SSSR count). The van der Waals surface area contributed by atoms with E-state index in [1.54, 1.807) is 18.6 Å². The molecule has 638 valence electrons. The highest BCUT2D eigenvalue weighted by Gasteiger charge is 2.25. The first-order chi connectivity index (χ1) is 54.6. The van der Waals surface area contributed by atoms with Gasteiger partial charge in [0.05, 0.1) is 50.9 Å². The Morgan fingerprint density at radius 3 is 0.724 bits per heavy atom. The van der Waals surface area contributed by atoms with Crippen LogP contribution in [0.2, 0.25) is 0 Å². The standard InChI is InChI=1S/C18H23NO2.2C17H21NO2.2C16H19NO2.5C3H8.C2H6/c1-7-15-18-13(5)11(3)10(2)12(4)17(18)14(9-19-15)8-16(20)21-6;1-7-14-16-12(5)10(3)9(2)11(4)15(16)13(8-18-14)17(19)20-6;1-6-14-17-12(5)10(3)9(2)11(4)16(17)13(8-18-14)7-15(19)20;1-8-9(2)11(4)15-13(16(18)19-6)7-17-12(5)14(15)10(8)3;1-6-13-15-11(5)9(3)8(2)10(4)14(15)12(7-17-13)16(18)19;5*1-3-2;1-2/h9H,7-8H2,1-6H3;8H,7H2,1-6H3;8H,6-7H2,1-5H3,(H,19,20);7H,1-6H3;7H,6H2,1-5H3,(H,18,19);5*3H2,1-2H3;1-2H3. The zero-order chi connectivity index (χ0) is 90.0. The van der Waals surface area contributed by atoms with Crippen LogP contribution < -0.4 is 0 Å². The molecule has 0 saturated carbocycles. The van der Waals surface area contributed by atoms with Crippen molar-refractivity contribution in [2.45, 2.75) is 327 Å². The van der Waals surface area contributed by atoms with Gasteiger partial charge >= 0.3 is 29.8 Å². The highest BCUT2D eigenvalue weighted by molar-refractivity contribution is 6.10. The first-order valence-electron chi connectivity index (χ1n) is 42.1. The summed E-state index contributed by atoms with van der Waals surface area (Å²) in [6, 6.07) is 0. The number of carboxylic acids is 2. The Balaban J connectivity index is 0.00000136. The van der Waals surface area contributed by atoms with E-state index in [2.05, 4.69) is 246 Å². The van der Waals surface area contributed by atoms with Crippen LogP contribution in [0.5, 0.6) is 0 Å². The third-order valence-corrected chi connectivity index (χ3v) is 21.5. The molecular weight excluding hydrogens is 1440 g/mol. The molecule has 0 radical (unpaired) electrons. The normalized spacial score (nSPS) is 10.2. The maximum atomic E-state index is 12.0. The summed E-state index contributed by atoms with van der Waals surface area (Å²) in [4.78, 5) is 80.4. The molecule has 5 heterocycles. The molecule has 15 nitrogen and oxygen atoms in total. The molecule has 0 bridgehead atoms. The van der Waals surface area contributed by atoms with E-state index in [1.165, 1.54) is 159 Å². The van der Waals surface area contributed by atoms with Crippen molar-refractivity contribution < 1.29 is 48.4 Å². The summed E-state index contributed by atoms with van der Waals surface area (Å²) in [6.45, 7) is 77.5. The molecule has 0 saturated heterocycles. The van der Waals surface area contributed by atoms with Crippen molar-refractivity contribution in [3.05, 3.63) is 199 Å². The quantitative estimate of drug-likeness (QED) is 0.0909. The van der Waals surface area contributed by atoms with Crippen LogP contribution in [0.1, 0.15) is 325 Å². The Kier molecular flexibility index (Phi) is 47.3. The van der Waals surface area contributed by atoms with E-state index in [0.29, 0.717) is 16.7 Å². The minimum Gasteiger partial charge on any atom is -0.481 e. The van der Waals surface area contributed by atoms with Crippen LogP contribution in [0, 0.1) is 145 Å². The minimum atomic E-state index is -0.911. The van der Waals surface area contributed by atoms with Crippen molar-refractivity contribution in [1.29, 1.82) is 0 Å². The lowest BCUT2D eigenvalue weighted by atomic mass is 9.88. The molecule has 0 aliphatic carbocycles. The van der Waals surface area contributed by atoms with Crippen LogP contribution in [-0.4, -0.2) is 86.3 Å². The summed E-state index contributed by atoms with van der Waals surface area (Å²) < 4.78 is 14.6. The number of rotatable bonds is 11. The van der Waals surface area contributed by atoms with Gasteiger partial charge in [0, 0.05) is 103 Å². The van der Waals surface area contributed by atoms with Gasteiger partial charge in [-0.1, -0.05) is 143 Å². The van der Waals surface area contributed by atoms with Crippen LogP contribution in [-0.2, 0) is 62.3 Å². The molecule has 10 aromatic rings. The van der Waals surface area contributed by atoms with E-state index in [1.807, 2.05) is 40.8 Å². The van der Waals surface area contributed by atoms with E-state index in [0.717, 1.165) is 131 Å². The highest BCUT2D eigenvalue weighted by Crippen LogP contribution is 2.39. The van der Waals surface area contributed by atoms with Crippen LogP contribution >= 0.6 is 0 Å². The Labute approximate surface area is 699 Å². The fraction of sp³-hybridized carbons (Fsp3) is 0.505. The van der Waals surface area contributed by atoms with Crippen molar-refractivity contribution >= 4 is 83.7 Å². The average Bonchev–Trinajstić information content (AvgIpc) is 0.782. The van der Waals surface area contributed by atoms with Gasteiger partial charge in [0.15, 0.2) is 0 Å². The molecular formula is C101H149N5O10. The molecule has 5 aromatic carbocycles. The van der Waals surface area contributed by atoms with Crippen LogP contribution in [0.4, 0.5) is 0 Å². The summed E-state index contributed by atoms with van der Waals surface area (Å²) in [6.07, 6.45) is 18.3. The van der Waals surface area contributed by atoms with Crippen LogP contribution in [0.15, 0.2) is 31.0 Å². The van der Waals surface area contributed by atoms with Crippen molar-refractivity contribution in [3.8, 4) is 0 Å². The number of ether oxygens (including phenoxy) is 3. The lowest BCUT2D eigenvalue weighted by Crippen LogP contribution is -2.08. The number of aromatic carboxylic acids is 1. The molecule has 0 amide bonds. The maximum Gasteiger partial charge on any atom is 0.340 e. The number of hydrogen-bond acceptors (Lipinski definition) is 13. The lowest BCUT2D eigenvalue weighted by Gasteiger charge is -2.18. The van der Waals surface area contributed by atoms with E-state index >= 15 is 0 Å². The number of aryl methyl sites for hydroxylation is 15. The molecule has 0 spiro atoms. The predicted molar refractivity (Wildman–Crippen MR) is 494 cm³/mol. The maximum absolute atomic E-state index is 12.0. The second-order valence-electron chi connectivity index (χ2n) is 29.8. The zero-order valence-corrected chi connectivity index (χ0v) is 79.6. The number of aliphatic carboxylic acids is 1. The molecule has 0 unspecified atom stereocenters. The van der Waals surface area contributed by atoms with Crippen LogP contribution in [0.3, 0.4) is 0 Å². The highest BCUT2D eigenvalue weighted by atomic mass is 16.5. The van der Waals surface area contributed by atoms with Gasteiger partial charge in [-0.05, 0) is 304 Å². The molecule has 15 heteroatoms. The number of esters is 3. The van der Waals surface area contributed by atoms with Crippen molar-refractivity contribution in [2.24, 2.45) is 0 Å². The largest absolute Gasteiger partial charge is 0.481 e. The predicted octanol–water partition coefficient (Wildman–Crippen LogP) is 26.6. The minimum absolute atomic E-state index is 0.0241. The van der Waals surface area contributed by atoms with E-state index in [4.69, 9.17) is 19.3 Å². The molecule has 116 heavy (non-hydrogen) atoms. The van der Waals surface area contributed by atoms with Crippen molar-refractivity contribution in [3.63, 3.8) is 0 Å². The summed E-state index contributed by atoms with van der Waals surface area (Å²) in [5.41, 5.74) is 32.6. The van der Waals surface area contributed by atoms with Gasteiger partial charge in [-0.2, -0.15) is 0 Å². The number of benzene rings is 5. The van der Waals surface area contributed by atoms with E-state index in [9.17, 15) is 29.1 Å². The number of methoxy groups -OCH3 is 3. The molecule has 0 fully saturated rings. The zero-order valence-electron chi connectivity index (χ0n) is 79.6. The van der Waals surface area contributed by atoms with Crippen LogP contribution in [0.25, 0.3) is 53.9 Å². The Morgan fingerprint density at radius 1 is 0.267 bits per heavy atom. The SMILES string of the molecule is CC.CCC.CCC.CCC.CCC.CCC.CCc1ncc(C(=O)O)c2c(C)c(C)c(C)c(C)c12.CCc1ncc(C(=O)OC)c2c(C)c(C)c(C)c(C)c12.CCc1ncc(CC(=O)O)c2c(C)c(C)c(C)c(C)c12.CCc1ncc(CC(=O)OC)c2c(C)c(C)c(C)c(C)c12.COC(=O)c1cnc(C)c2c(C)c(C)c(C)c(C)c12. The molecule has 5 aromatic heterocycles. The molecule has 0 atom stereocenters. The monoisotopic (exact) mass is 1590 g/mol. The number of carboxylic acid groups (broad SMARTS) is 2. The Morgan fingerprint density at radius 2 is 0.474 bits per heavy atom. The van der Waals surface area contributed by atoms with E-state index < -0.39 is 11.9 Å². The number of pyridine rings is 5. The summed E-state index contributed by atoms with van der Waals surface area (Å²) >= 11 is 0. The summed E-state index contributed by atoms with van der Waals surface area (Å²) in [5, 5.41) is 29.1. The number of aromatic nitrogens is 5. The van der Waals surface area contributed by atoms with Gasteiger partial charge in [-0.3, -0.25) is 34.5 Å². The fourth-order valence-electron chi connectivity index (χ4n) is 14.1.